The molecule has 0 aromatic heterocycles. The quantitative estimate of drug-likeness (QED) is 0.699. The molecule has 0 unspecified atom stereocenters. The van der Waals surface area contributed by atoms with Gasteiger partial charge in [0.15, 0.2) is 0 Å². The highest BCUT2D eigenvalue weighted by Gasteiger charge is 2.07. The molecule has 0 heterocycles. The molecular formula is C12H9Cl4NS. The van der Waals surface area contributed by atoms with Crippen LogP contribution in [0.2, 0.25) is 15.1 Å². The summed E-state index contributed by atoms with van der Waals surface area (Å²) in [7, 11) is 0. The zero-order valence-corrected chi connectivity index (χ0v) is 12.9. The molecule has 18 heavy (non-hydrogen) atoms. The van der Waals surface area contributed by atoms with Crippen molar-refractivity contribution in [3.8, 4) is 0 Å². The molecule has 2 rings (SSSR count). The number of rotatable bonds is 2. The van der Waals surface area contributed by atoms with Crippen molar-refractivity contribution in [3.63, 3.8) is 0 Å². The van der Waals surface area contributed by atoms with Gasteiger partial charge in [-0.3, -0.25) is 0 Å². The van der Waals surface area contributed by atoms with Gasteiger partial charge >= 0.3 is 0 Å². The molecule has 0 saturated heterocycles. The second-order valence-electron chi connectivity index (χ2n) is 3.37. The minimum atomic E-state index is 0. The Balaban J connectivity index is 0.00000162. The first-order valence-electron chi connectivity index (χ1n) is 4.74. The van der Waals surface area contributed by atoms with Crippen LogP contribution in [0.4, 0.5) is 5.69 Å². The van der Waals surface area contributed by atoms with Gasteiger partial charge in [0.1, 0.15) is 0 Å². The Labute approximate surface area is 131 Å². The standard InChI is InChI=1S/C12H8Cl3NS.ClH/c13-7-1-3-11(9(14)5-7)17-12-4-2-8(16)6-10(12)15;/h1-6H,16H2;1H. The molecule has 0 amide bonds. The second-order valence-corrected chi connectivity index (χ2v) is 5.70. The molecule has 2 aromatic carbocycles. The van der Waals surface area contributed by atoms with E-state index >= 15 is 0 Å². The molecule has 0 bridgehead atoms. The number of halogens is 4. The summed E-state index contributed by atoms with van der Waals surface area (Å²) in [6.07, 6.45) is 0. The molecular weight excluding hydrogens is 332 g/mol. The lowest BCUT2D eigenvalue weighted by atomic mass is 10.3. The van der Waals surface area contributed by atoms with Gasteiger partial charge in [0.25, 0.3) is 0 Å². The van der Waals surface area contributed by atoms with E-state index in [4.69, 9.17) is 40.5 Å². The molecule has 0 fully saturated rings. The second kappa shape index (κ2) is 6.78. The highest BCUT2D eigenvalue weighted by Crippen LogP contribution is 2.38. The van der Waals surface area contributed by atoms with E-state index in [-0.39, 0.29) is 12.4 Å². The smallest absolute Gasteiger partial charge is 0.0565 e. The Kier molecular flexibility index (Phi) is 5.96. The van der Waals surface area contributed by atoms with E-state index in [2.05, 4.69) is 0 Å². The summed E-state index contributed by atoms with van der Waals surface area (Å²) in [5, 5.41) is 1.83. The van der Waals surface area contributed by atoms with Crippen LogP contribution in [0.3, 0.4) is 0 Å². The van der Waals surface area contributed by atoms with Crippen LogP contribution in [0.25, 0.3) is 0 Å². The van der Waals surface area contributed by atoms with E-state index in [0.717, 1.165) is 9.79 Å². The van der Waals surface area contributed by atoms with Gasteiger partial charge in [0.2, 0.25) is 0 Å². The van der Waals surface area contributed by atoms with Crippen molar-refractivity contribution in [1.82, 2.24) is 0 Å². The molecule has 96 valence electrons. The first-order chi connectivity index (χ1) is 8.06. The number of hydrogen-bond donors (Lipinski definition) is 1. The fourth-order valence-electron chi connectivity index (χ4n) is 1.28. The van der Waals surface area contributed by atoms with Crippen molar-refractivity contribution in [1.29, 1.82) is 0 Å². The first kappa shape index (κ1) is 15.8. The third-order valence-corrected chi connectivity index (χ3v) is 4.31. The largest absolute Gasteiger partial charge is 0.399 e. The minimum absolute atomic E-state index is 0. The number of nitrogens with two attached hydrogens (primary N) is 1. The van der Waals surface area contributed by atoms with E-state index < -0.39 is 0 Å². The van der Waals surface area contributed by atoms with Gasteiger partial charge in [0, 0.05) is 20.5 Å². The molecule has 6 heteroatoms. The zero-order chi connectivity index (χ0) is 12.4. The lowest BCUT2D eigenvalue weighted by Crippen LogP contribution is -1.84. The van der Waals surface area contributed by atoms with E-state index in [0.29, 0.717) is 20.8 Å². The van der Waals surface area contributed by atoms with Gasteiger partial charge in [-0.25, -0.2) is 0 Å². The molecule has 0 aliphatic rings. The van der Waals surface area contributed by atoms with E-state index in [1.165, 1.54) is 11.8 Å². The highest BCUT2D eigenvalue weighted by molar-refractivity contribution is 7.99. The van der Waals surface area contributed by atoms with Crippen LogP contribution in [0.1, 0.15) is 0 Å². The minimum Gasteiger partial charge on any atom is -0.399 e. The predicted octanol–water partition coefficient (Wildman–Crippen LogP) is 5.80. The van der Waals surface area contributed by atoms with Crippen LogP contribution in [0, 0.1) is 0 Å². The van der Waals surface area contributed by atoms with E-state index in [1.54, 1.807) is 24.3 Å². The fourth-order valence-corrected chi connectivity index (χ4v) is 2.93. The third kappa shape index (κ3) is 3.87. The Morgan fingerprint density at radius 3 is 1.94 bits per heavy atom. The third-order valence-electron chi connectivity index (χ3n) is 2.07. The summed E-state index contributed by atoms with van der Waals surface area (Å²) < 4.78 is 0. The summed E-state index contributed by atoms with van der Waals surface area (Å²) in [4.78, 5) is 1.81. The van der Waals surface area contributed by atoms with Gasteiger partial charge in [-0.15, -0.1) is 12.4 Å². The van der Waals surface area contributed by atoms with Crippen LogP contribution >= 0.6 is 59.0 Å². The summed E-state index contributed by atoms with van der Waals surface area (Å²) in [6.45, 7) is 0. The maximum absolute atomic E-state index is 6.09. The molecule has 0 aliphatic carbocycles. The van der Waals surface area contributed by atoms with Crippen LogP contribution in [0.5, 0.6) is 0 Å². The Hall–Kier alpha value is -0.250. The van der Waals surface area contributed by atoms with Crippen molar-refractivity contribution in [2.24, 2.45) is 0 Å². The van der Waals surface area contributed by atoms with Gasteiger partial charge in [-0.1, -0.05) is 46.6 Å². The normalized spacial score (nSPS) is 9.94. The molecule has 0 radical (unpaired) electrons. The van der Waals surface area contributed by atoms with Gasteiger partial charge < -0.3 is 5.73 Å². The molecule has 2 N–H and O–H groups in total. The lowest BCUT2D eigenvalue weighted by Gasteiger charge is -2.07. The topological polar surface area (TPSA) is 26.0 Å². The molecule has 0 atom stereocenters. The van der Waals surface area contributed by atoms with Crippen molar-refractivity contribution in [3.05, 3.63) is 51.5 Å². The van der Waals surface area contributed by atoms with Crippen LogP contribution in [0.15, 0.2) is 46.2 Å². The summed E-state index contributed by atoms with van der Waals surface area (Å²) in [6, 6.07) is 10.7. The number of nitrogen functional groups attached to an aromatic ring is 1. The lowest BCUT2D eigenvalue weighted by molar-refractivity contribution is 1.41. The molecule has 0 spiro atoms. The van der Waals surface area contributed by atoms with E-state index in [1.807, 2.05) is 12.1 Å². The summed E-state index contributed by atoms with van der Waals surface area (Å²) in [5.74, 6) is 0. The van der Waals surface area contributed by atoms with Crippen molar-refractivity contribution >= 4 is 64.7 Å². The average Bonchev–Trinajstić information content (AvgIpc) is 2.25. The highest BCUT2D eigenvalue weighted by atomic mass is 35.5. The van der Waals surface area contributed by atoms with E-state index in [9.17, 15) is 0 Å². The number of benzene rings is 2. The molecule has 1 nitrogen and oxygen atoms in total. The van der Waals surface area contributed by atoms with Crippen molar-refractivity contribution < 1.29 is 0 Å². The SMILES string of the molecule is Cl.Nc1ccc(Sc2ccc(Cl)cc2Cl)c(Cl)c1. The van der Waals surface area contributed by atoms with Crippen molar-refractivity contribution in [2.75, 3.05) is 5.73 Å². The predicted molar refractivity (Wildman–Crippen MR) is 83.7 cm³/mol. The molecule has 2 aromatic rings. The first-order valence-corrected chi connectivity index (χ1v) is 6.69. The average molecular weight is 341 g/mol. The van der Waals surface area contributed by atoms with Crippen molar-refractivity contribution in [2.45, 2.75) is 9.79 Å². The van der Waals surface area contributed by atoms with Gasteiger partial charge in [-0.2, -0.15) is 0 Å². The zero-order valence-electron chi connectivity index (χ0n) is 8.99. The molecule has 0 saturated carbocycles. The van der Waals surface area contributed by atoms with Crippen LogP contribution in [-0.4, -0.2) is 0 Å². The summed E-state index contributed by atoms with van der Waals surface area (Å²) >= 11 is 19.5. The Morgan fingerprint density at radius 1 is 0.833 bits per heavy atom. The maximum Gasteiger partial charge on any atom is 0.0565 e. The summed E-state index contributed by atoms with van der Waals surface area (Å²) in [5.41, 5.74) is 6.27. The van der Waals surface area contributed by atoms with Crippen LogP contribution in [-0.2, 0) is 0 Å². The monoisotopic (exact) mass is 339 g/mol. The molecule has 0 aliphatic heterocycles. The van der Waals surface area contributed by atoms with Gasteiger partial charge in [-0.05, 0) is 36.4 Å². The maximum atomic E-state index is 6.09. The number of anilines is 1. The number of hydrogen-bond acceptors (Lipinski definition) is 2. The fraction of sp³-hybridized carbons (Fsp3) is 0. The Morgan fingerprint density at radius 2 is 1.39 bits per heavy atom. The Bertz CT molecular complexity index is 510. The van der Waals surface area contributed by atoms with Crippen LogP contribution < -0.4 is 5.73 Å². The van der Waals surface area contributed by atoms with Gasteiger partial charge in [0.05, 0.1) is 10.0 Å².